The van der Waals surface area contributed by atoms with Gasteiger partial charge in [0.05, 0.1) is 12.5 Å². The molecule has 3 heteroatoms. The van der Waals surface area contributed by atoms with E-state index in [4.69, 9.17) is 0 Å². The van der Waals surface area contributed by atoms with Crippen LogP contribution in [0.2, 0.25) is 0 Å². The van der Waals surface area contributed by atoms with Gasteiger partial charge in [0.2, 0.25) is 0 Å². The maximum atomic E-state index is 10.9. The fraction of sp³-hybridized carbons (Fsp3) is 0.286. The number of dihydropyridines is 1. The van der Waals surface area contributed by atoms with Crippen molar-refractivity contribution in [3.63, 3.8) is 0 Å². The first-order chi connectivity index (χ1) is 4.88. The number of hydrogen-bond acceptors (Lipinski definition) is 2. The smallest absolute Gasteiger partial charge is 0.255 e. The molecule has 0 aromatic heterocycles. The molecule has 0 saturated heterocycles. The van der Waals surface area contributed by atoms with Crippen molar-refractivity contribution in [2.45, 2.75) is 0 Å². The van der Waals surface area contributed by atoms with E-state index in [1.807, 2.05) is 6.08 Å². The molecule has 1 amide bonds. The standard InChI is InChI=1S/C7H6N2O/c10-7-6-4-8-2-1-5(6)3-9-7/h1-3,6H,4H2. The minimum atomic E-state index is -0.0648. The quantitative estimate of drug-likeness (QED) is 0.467. The van der Waals surface area contributed by atoms with Crippen LogP contribution in [0.25, 0.3) is 0 Å². The van der Waals surface area contributed by atoms with Gasteiger partial charge < -0.3 is 0 Å². The molecule has 0 aliphatic carbocycles. The number of hydrogen-bond donors (Lipinski definition) is 0. The second kappa shape index (κ2) is 1.87. The SMILES string of the molecule is O=C1N=CC2=CC=NCC12. The van der Waals surface area contributed by atoms with E-state index in [9.17, 15) is 4.79 Å². The zero-order chi connectivity index (χ0) is 6.97. The summed E-state index contributed by atoms with van der Waals surface area (Å²) in [5.41, 5.74) is 1.00. The van der Waals surface area contributed by atoms with E-state index in [-0.39, 0.29) is 11.8 Å². The number of carbonyl (C=O) groups is 1. The molecular formula is C7H6N2O. The highest BCUT2D eigenvalue weighted by atomic mass is 16.1. The zero-order valence-corrected chi connectivity index (χ0v) is 5.32. The number of carbonyl (C=O) groups excluding carboxylic acids is 1. The van der Waals surface area contributed by atoms with Crippen LogP contribution >= 0.6 is 0 Å². The van der Waals surface area contributed by atoms with E-state index < -0.39 is 0 Å². The summed E-state index contributed by atoms with van der Waals surface area (Å²) in [5.74, 6) is -0.117. The monoisotopic (exact) mass is 134 g/mol. The van der Waals surface area contributed by atoms with Gasteiger partial charge in [-0.2, -0.15) is 0 Å². The van der Waals surface area contributed by atoms with Crippen LogP contribution in [-0.2, 0) is 4.79 Å². The first-order valence-corrected chi connectivity index (χ1v) is 3.16. The summed E-state index contributed by atoms with van der Waals surface area (Å²) in [4.78, 5) is 18.5. The van der Waals surface area contributed by atoms with Gasteiger partial charge in [0.25, 0.3) is 5.91 Å². The topological polar surface area (TPSA) is 41.8 Å². The van der Waals surface area contributed by atoms with E-state index in [1.165, 1.54) is 0 Å². The molecule has 2 aliphatic rings. The maximum absolute atomic E-state index is 10.9. The fourth-order valence-corrected chi connectivity index (χ4v) is 1.11. The third-order valence-electron chi connectivity index (χ3n) is 1.70. The zero-order valence-electron chi connectivity index (χ0n) is 5.32. The van der Waals surface area contributed by atoms with Crippen LogP contribution in [0.1, 0.15) is 0 Å². The van der Waals surface area contributed by atoms with Crippen LogP contribution < -0.4 is 0 Å². The predicted molar refractivity (Wildman–Crippen MR) is 38.4 cm³/mol. The minimum Gasteiger partial charge on any atom is -0.292 e. The van der Waals surface area contributed by atoms with E-state index in [0.29, 0.717) is 6.54 Å². The van der Waals surface area contributed by atoms with Gasteiger partial charge in [0.15, 0.2) is 0 Å². The Bertz CT molecular complexity index is 263. The van der Waals surface area contributed by atoms with Gasteiger partial charge in [-0.3, -0.25) is 9.79 Å². The van der Waals surface area contributed by atoms with E-state index in [2.05, 4.69) is 9.98 Å². The van der Waals surface area contributed by atoms with Crippen molar-refractivity contribution >= 4 is 18.3 Å². The van der Waals surface area contributed by atoms with Crippen LogP contribution in [0.3, 0.4) is 0 Å². The van der Waals surface area contributed by atoms with Crippen molar-refractivity contribution in [1.29, 1.82) is 0 Å². The van der Waals surface area contributed by atoms with Gasteiger partial charge >= 0.3 is 0 Å². The normalized spacial score (nSPS) is 28.6. The van der Waals surface area contributed by atoms with Crippen LogP contribution in [0, 0.1) is 5.92 Å². The molecule has 1 atom stereocenters. The summed E-state index contributed by atoms with van der Waals surface area (Å²) in [5, 5.41) is 0. The van der Waals surface area contributed by atoms with E-state index in [1.54, 1.807) is 12.4 Å². The Balaban J connectivity index is 2.39. The number of aliphatic imine (C=N–C) groups is 2. The third-order valence-corrected chi connectivity index (χ3v) is 1.70. The van der Waals surface area contributed by atoms with Crippen molar-refractivity contribution in [3.8, 4) is 0 Å². The number of rotatable bonds is 0. The molecule has 0 spiro atoms. The number of amides is 1. The lowest BCUT2D eigenvalue weighted by Gasteiger charge is -2.07. The third kappa shape index (κ3) is 0.635. The fourth-order valence-electron chi connectivity index (χ4n) is 1.11. The highest BCUT2D eigenvalue weighted by Gasteiger charge is 2.26. The molecule has 2 aliphatic heterocycles. The average Bonchev–Trinajstić information content (AvgIpc) is 2.34. The Morgan fingerprint density at radius 2 is 2.50 bits per heavy atom. The number of nitrogens with zero attached hydrogens (tertiary/aromatic N) is 2. The molecule has 3 nitrogen and oxygen atoms in total. The summed E-state index contributed by atoms with van der Waals surface area (Å²) < 4.78 is 0. The van der Waals surface area contributed by atoms with Gasteiger partial charge in [-0.15, -0.1) is 0 Å². The van der Waals surface area contributed by atoms with Gasteiger partial charge in [0.1, 0.15) is 0 Å². The molecular weight excluding hydrogens is 128 g/mol. The molecule has 1 unspecified atom stereocenters. The van der Waals surface area contributed by atoms with Crippen LogP contribution in [-0.4, -0.2) is 24.9 Å². The lowest BCUT2D eigenvalue weighted by Crippen LogP contribution is -2.15. The second-order valence-corrected chi connectivity index (χ2v) is 2.33. The Kier molecular flexibility index (Phi) is 1.03. The summed E-state index contributed by atoms with van der Waals surface area (Å²) in [6.07, 6.45) is 5.18. The largest absolute Gasteiger partial charge is 0.292 e. The maximum Gasteiger partial charge on any atom is 0.255 e. The van der Waals surface area contributed by atoms with Crippen molar-refractivity contribution in [2.75, 3.05) is 6.54 Å². The molecule has 2 rings (SSSR count). The van der Waals surface area contributed by atoms with Gasteiger partial charge in [-0.25, -0.2) is 4.99 Å². The van der Waals surface area contributed by atoms with Crippen LogP contribution in [0.4, 0.5) is 0 Å². The summed E-state index contributed by atoms with van der Waals surface area (Å²) in [6, 6.07) is 0. The molecule has 0 aromatic rings. The van der Waals surface area contributed by atoms with Crippen molar-refractivity contribution in [2.24, 2.45) is 15.9 Å². The first kappa shape index (κ1) is 5.53. The molecule has 0 aromatic carbocycles. The lowest BCUT2D eigenvalue weighted by molar-refractivity contribution is -0.119. The lowest BCUT2D eigenvalue weighted by atomic mass is 10.0. The van der Waals surface area contributed by atoms with Crippen LogP contribution in [0.5, 0.6) is 0 Å². The number of allylic oxidation sites excluding steroid dienone is 1. The molecule has 10 heavy (non-hydrogen) atoms. The molecule has 2 heterocycles. The van der Waals surface area contributed by atoms with E-state index >= 15 is 0 Å². The Labute approximate surface area is 58.2 Å². The minimum absolute atomic E-state index is 0.0527. The Morgan fingerprint density at radius 3 is 3.30 bits per heavy atom. The van der Waals surface area contributed by atoms with Crippen LogP contribution in [0.15, 0.2) is 21.6 Å². The summed E-state index contributed by atoms with van der Waals surface area (Å²) in [6.45, 7) is 0.574. The Hall–Kier alpha value is -1.25. The molecule has 0 fully saturated rings. The molecule has 50 valence electrons. The number of fused-ring (bicyclic) bond motifs is 1. The highest BCUT2D eigenvalue weighted by molar-refractivity contribution is 6.07. The molecule has 0 N–H and O–H groups in total. The van der Waals surface area contributed by atoms with Gasteiger partial charge in [0, 0.05) is 12.4 Å². The predicted octanol–water partition coefficient (Wildman–Crippen LogP) is 0.224. The Morgan fingerprint density at radius 1 is 1.60 bits per heavy atom. The summed E-state index contributed by atoms with van der Waals surface area (Å²) in [7, 11) is 0. The van der Waals surface area contributed by atoms with Crippen molar-refractivity contribution < 1.29 is 4.79 Å². The molecule has 0 radical (unpaired) electrons. The second-order valence-electron chi connectivity index (χ2n) is 2.33. The molecule has 0 saturated carbocycles. The average molecular weight is 134 g/mol. The van der Waals surface area contributed by atoms with Gasteiger partial charge in [-0.05, 0) is 11.6 Å². The summed E-state index contributed by atoms with van der Waals surface area (Å²) >= 11 is 0. The highest BCUT2D eigenvalue weighted by Crippen LogP contribution is 2.19. The van der Waals surface area contributed by atoms with E-state index in [0.717, 1.165) is 5.57 Å². The first-order valence-electron chi connectivity index (χ1n) is 3.16. The molecule has 0 bridgehead atoms. The van der Waals surface area contributed by atoms with Gasteiger partial charge in [-0.1, -0.05) is 0 Å². The van der Waals surface area contributed by atoms with Crippen molar-refractivity contribution in [1.82, 2.24) is 0 Å². The van der Waals surface area contributed by atoms with Crippen molar-refractivity contribution in [3.05, 3.63) is 11.6 Å².